The van der Waals surface area contributed by atoms with E-state index < -0.39 is 12.3 Å². The van der Waals surface area contributed by atoms with E-state index in [0.717, 1.165) is 6.42 Å². The van der Waals surface area contributed by atoms with Gasteiger partial charge in [-0.15, -0.1) is 0 Å². The Bertz CT molecular complexity index is 159. The molecule has 0 aromatic carbocycles. The number of carbonyl (C=O) groups is 1. The van der Waals surface area contributed by atoms with Crippen LogP contribution in [0, 0.1) is 0 Å². The third-order valence-corrected chi connectivity index (χ3v) is 1.11. The summed E-state index contributed by atoms with van der Waals surface area (Å²) in [7, 11) is 0. The first kappa shape index (κ1) is 10.2. The van der Waals surface area contributed by atoms with E-state index >= 15 is 0 Å². The number of hydrogen-bond acceptors (Lipinski definition) is 3. The molecule has 0 aliphatic heterocycles. The average molecular weight is 158 g/mol. The van der Waals surface area contributed by atoms with Crippen LogP contribution in [-0.4, -0.2) is 17.4 Å². The van der Waals surface area contributed by atoms with Crippen molar-refractivity contribution in [2.24, 2.45) is 0 Å². The van der Waals surface area contributed by atoms with E-state index in [1.54, 1.807) is 13.0 Å². The van der Waals surface area contributed by atoms with E-state index in [1.807, 2.05) is 6.92 Å². The predicted molar refractivity (Wildman–Crippen MR) is 41.8 cm³/mol. The van der Waals surface area contributed by atoms with Gasteiger partial charge in [0.1, 0.15) is 0 Å². The highest BCUT2D eigenvalue weighted by atomic mass is 16.6. The Labute approximate surface area is 66.7 Å². The molecule has 64 valence electrons. The molecule has 3 heteroatoms. The molecule has 0 aliphatic rings. The zero-order valence-corrected chi connectivity index (χ0v) is 7.13. The minimum Gasteiger partial charge on any atom is -0.433 e. The number of rotatable bonds is 3. The van der Waals surface area contributed by atoms with Gasteiger partial charge in [0, 0.05) is 5.57 Å². The van der Waals surface area contributed by atoms with Crippen molar-refractivity contribution in [2.75, 3.05) is 0 Å². The van der Waals surface area contributed by atoms with Crippen molar-refractivity contribution in [3.8, 4) is 0 Å². The van der Waals surface area contributed by atoms with E-state index in [9.17, 15) is 4.79 Å². The first-order valence-corrected chi connectivity index (χ1v) is 3.63. The van der Waals surface area contributed by atoms with Crippen LogP contribution in [-0.2, 0) is 9.53 Å². The first-order chi connectivity index (χ1) is 5.07. The zero-order valence-electron chi connectivity index (χ0n) is 7.13. The largest absolute Gasteiger partial charge is 0.433 e. The highest BCUT2D eigenvalue weighted by Crippen LogP contribution is 1.99. The van der Waals surface area contributed by atoms with Gasteiger partial charge in [0.05, 0.1) is 0 Å². The number of esters is 1. The van der Waals surface area contributed by atoms with Gasteiger partial charge in [0.15, 0.2) is 6.29 Å². The molecule has 0 bridgehead atoms. The monoisotopic (exact) mass is 158 g/mol. The smallest absolute Gasteiger partial charge is 0.335 e. The molecule has 0 amide bonds. The summed E-state index contributed by atoms with van der Waals surface area (Å²) in [5.74, 6) is -0.457. The van der Waals surface area contributed by atoms with Gasteiger partial charge in [-0.05, 0) is 20.3 Å². The number of carbonyl (C=O) groups excluding carboxylic acids is 1. The maximum absolute atomic E-state index is 10.9. The number of aliphatic hydroxyl groups excluding tert-OH is 1. The van der Waals surface area contributed by atoms with Crippen LogP contribution in [0.25, 0.3) is 0 Å². The molecule has 1 unspecified atom stereocenters. The van der Waals surface area contributed by atoms with Crippen molar-refractivity contribution >= 4 is 5.97 Å². The van der Waals surface area contributed by atoms with Gasteiger partial charge in [-0.3, -0.25) is 0 Å². The van der Waals surface area contributed by atoms with Crippen LogP contribution < -0.4 is 0 Å². The minimum atomic E-state index is -1.03. The molecular weight excluding hydrogens is 144 g/mol. The molecular formula is C8H14O3. The van der Waals surface area contributed by atoms with Crippen molar-refractivity contribution in [3.05, 3.63) is 11.6 Å². The lowest BCUT2D eigenvalue weighted by atomic mass is 10.2. The number of allylic oxidation sites excluding steroid dienone is 1. The summed E-state index contributed by atoms with van der Waals surface area (Å²) in [4.78, 5) is 10.9. The normalized spacial score (nSPS) is 14.4. The predicted octanol–water partition coefficient (Wildman–Crippen LogP) is 1.22. The lowest BCUT2D eigenvalue weighted by molar-refractivity contribution is -0.159. The Morgan fingerprint density at radius 1 is 1.73 bits per heavy atom. The van der Waals surface area contributed by atoms with Gasteiger partial charge in [-0.2, -0.15) is 0 Å². The molecule has 1 N–H and O–H groups in total. The Morgan fingerprint density at radius 3 is 2.64 bits per heavy atom. The molecule has 0 spiro atoms. The lowest BCUT2D eigenvalue weighted by Crippen LogP contribution is -2.14. The van der Waals surface area contributed by atoms with Crippen molar-refractivity contribution in [2.45, 2.75) is 33.5 Å². The van der Waals surface area contributed by atoms with Crippen molar-refractivity contribution < 1.29 is 14.6 Å². The fourth-order valence-electron chi connectivity index (χ4n) is 0.637. The van der Waals surface area contributed by atoms with E-state index in [1.165, 1.54) is 6.92 Å². The second-order valence-corrected chi connectivity index (χ2v) is 2.30. The number of ether oxygens (including phenoxy) is 1. The van der Waals surface area contributed by atoms with Crippen LogP contribution in [0.5, 0.6) is 0 Å². The Balaban J connectivity index is 3.93. The Kier molecular flexibility index (Phi) is 4.54. The van der Waals surface area contributed by atoms with Crippen LogP contribution in [0.4, 0.5) is 0 Å². The van der Waals surface area contributed by atoms with Gasteiger partial charge < -0.3 is 9.84 Å². The van der Waals surface area contributed by atoms with Crippen LogP contribution >= 0.6 is 0 Å². The second kappa shape index (κ2) is 4.91. The zero-order chi connectivity index (χ0) is 8.85. The van der Waals surface area contributed by atoms with Gasteiger partial charge in [0.25, 0.3) is 0 Å². The number of hydrogen-bond donors (Lipinski definition) is 1. The summed E-state index contributed by atoms with van der Waals surface area (Å²) in [5, 5.41) is 8.67. The lowest BCUT2D eigenvalue weighted by Gasteiger charge is -2.06. The van der Waals surface area contributed by atoms with E-state index in [2.05, 4.69) is 4.74 Å². The fraction of sp³-hybridized carbons (Fsp3) is 0.625. The summed E-state index contributed by atoms with van der Waals surface area (Å²) in [6.07, 6.45) is 1.52. The van der Waals surface area contributed by atoms with Gasteiger partial charge in [-0.25, -0.2) is 4.79 Å². The van der Waals surface area contributed by atoms with Gasteiger partial charge >= 0.3 is 5.97 Å². The molecule has 0 aromatic heterocycles. The van der Waals surface area contributed by atoms with Crippen LogP contribution in [0.1, 0.15) is 27.2 Å². The third-order valence-electron chi connectivity index (χ3n) is 1.11. The van der Waals surface area contributed by atoms with Gasteiger partial charge in [0.2, 0.25) is 0 Å². The molecule has 1 atom stereocenters. The van der Waals surface area contributed by atoms with Crippen molar-refractivity contribution in [1.29, 1.82) is 0 Å². The summed E-state index contributed by atoms with van der Waals surface area (Å²) in [6.45, 7) is 4.99. The molecule has 0 saturated heterocycles. The number of aliphatic hydroxyl groups is 1. The molecule has 0 heterocycles. The Hall–Kier alpha value is -0.830. The molecule has 0 aromatic rings. The van der Waals surface area contributed by atoms with Crippen molar-refractivity contribution in [1.82, 2.24) is 0 Å². The Morgan fingerprint density at radius 2 is 2.27 bits per heavy atom. The van der Waals surface area contributed by atoms with Crippen LogP contribution in [0.15, 0.2) is 11.6 Å². The SMILES string of the molecule is CCC=C(C)C(=O)OC(C)O. The molecule has 0 radical (unpaired) electrons. The highest BCUT2D eigenvalue weighted by molar-refractivity contribution is 5.87. The third kappa shape index (κ3) is 4.56. The maximum Gasteiger partial charge on any atom is 0.335 e. The fourth-order valence-corrected chi connectivity index (χ4v) is 0.637. The van der Waals surface area contributed by atoms with Crippen LogP contribution in [0.2, 0.25) is 0 Å². The van der Waals surface area contributed by atoms with E-state index in [-0.39, 0.29) is 0 Å². The first-order valence-electron chi connectivity index (χ1n) is 3.63. The van der Waals surface area contributed by atoms with Crippen LogP contribution in [0.3, 0.4) is 0 Å². The summed E-state index contributed by atoms with van der Waals surface area (Å²) < 4.78 is 4.51. The molecule has 0 aliphatic carbocycles. The molecule has 3 nitrogen and oxygen atoms in total. The standard InChI is InChI=1S/C8H14O3/c1-4-5-6(2)8(10)11-7(3)9/h5,7,9H,4H2,1-3H3. The highest BCUT2D eigenvalue weighted by Gasteiger charge is 2.06. The van der Waals surface area contributed by atoms with E-state index in [4.69, 9.17) is 5.11 Å². The minimum absolute atomic E-state index is 0.457. The van der Waals surface area contributed by atoms with Crippen molar-refractivity contribution in [3.63, 3.8) is 0 Å². The summed E-state index contributed by atoms with van der Waals surface area (Å²) in [5.41, 5.74) is 0.536. The average Bonchev–Trinajstić information content (AvgIpc) is 1.86. The topological polar surface area (TPSA) is 46.5 Å². The van der Waals surface area contributed by atoms with E-state index in [0.29, 0.717) is 5.57 Å². The molecule has 0 saturated carbocycles. The maximum atomic E-state index is 10.9. The molecule has 0 rings (SSSR count). The summed E-state index contributed by atoms with van der Waals surface area (Å²) >= 11 is 0. The van der Waals surface area contributed by atoms with Gasteiger partial charge in [-0.1, -0.05) is 13.0 Å². The molecule has 0 fully saturated rings. The second-order valence-electron chi connectivity index (χ2n) is 2.30. The molecule has 11 heavy (non-hydrogen) atoms. The summed E-state index contributed by atoms with van der Waals surface area (Å²) in [6, 6.07) is 0. The quantitative estimate of drug-likeness (QED) is 0.381.